The van der Waals surface area contributed by atoms with Gasteiger partial charge in [-0.25, -0.2) is 4.39 Å². The van der Waals surface area contributed by atoms with Gasteiger partial charge in [-0.1, -0.05) is 18.2 Å². The molecule has 10 heavy (non-hydrogen) atoms. The van der Waals surface area contributed by atoms with Gasteiger partial charge < -0.3 is 0 Å². The molecule has 0 aromatic rings. The fourth-order valence-corrected chi connectivity index (χ4v) is 1.05. The van der Waals surface area contributed by atoms with Gasteiger partial charge in [0.1, 0.15) is 5.67 Å². The van der Waals surface area contributed by atoms with E-state index < -0.39 is 5.67 Å². The van der Waals surface area contributed by atoms with Crippen molar-refractivity contribution in [3.8, 4) is 0 Å². The number of alkyl halides is 1. The van der Waals surface area contributed by atoms with Crippen molar-refractivity contribution in [3.63, 3.8) is 0 Å². The van der Waals surface area contributed by atoms with Gasteiger partial charge in [0.05, 0.1) is 0 Å². The molecule has 0 aliphatic heterocycles. The Bertz CT molecular complexity index is 170. The first-order chi connectivity index (χ1) is 4.61. The molecule has 0 unspecified atom stereocenters. The highest BCUT2D eigenvalue weighted by molar-refractivity contribution is 5.29. The first-order valence-corrected chi connectivity index (χ1v) is 3.67. The van der Waals surface area contributed by atoms with Gasteiger partial charge in [-0.3, -0.25) is 0 Å². The third-order valence-electron chi connectivity index (χ3n) is 1.68. The molecule has 0 atom stereocenters. The zero-order valence-corrected chi connectivity index (χ0v) is 6.52. The van der Waals surface area contributed by atoms with E-state index in [2.05, 4.69) is 0 Å². The minimum Gasteiger partial charge on any atom is -0.239 e. The van der Waals surface area contributed by atoms with Crippen molar-refractivity contribution in [1.82, 2.24) is 0 Å². The summed E-state index contributed by atoms with van der Waals surface area (Å²) in [4.78, 5) is 0. The molecule has 0 heterocycles. The molecular formula is C9H13F. The monoisotopic (exact) mass is 140 g/mol. The zero-order valence-electron chi connectivity index (χ0n) is 6.52. The second-order valence-corrected chi connectivity index (χ2v) is 3.11. The maximum atomic E-state index is 13.2. The van der Waals surface area contributed by atoms with E-state index in [4.69, 9.17) is 0 Å². The average molecular weight is 140 g/mol. The Labute approximate surface area is 61.4 Å². The predicted molar refractivity (Wildman–Crippen MR) is 41.6 cm³/mol. The zero-order chi connectivity index (χ0) is 7.61. The van der Waals surface area contributed by atoms with Crippen LogP contribution in [0.4, 0.5) is 4.39 Å². The van der Waals surface area contributed by atoms with Crippen LogP contribution in [0.1, 0.15) is 26.7 Å². The van der Waals surface area contributed by atoms with Crippen LogP contribution in [0.5, 0.6) is 0 Å². The normalized spacial score (nSPS) is 18.9. The van der Waals surface area contributed by atoms with E-state index in [0.717, 1.165) is 18.4 Å². The topological polar surface area (TPSA) is 0 Å². The summed E-state index contributed by atoms with van der Waals surface area (Å²) in [6, 6.07) is 0. The molecule has 0 radical (unpaired) electrons. The predicted octanol–water partition coefficient (Wildman–Crippen LogP) is 3.01. The quantitative estimate of drug-likeness (QED) is 0.525. The van der Waals surface area contributed by atoms with Gasteiger partial charge in [0.15, 0.2) is 0 Å². The van der Waals surface area contributed by atoms with E-state index in [1.807, 2.05) is 18.2 Å². The molecule has 56 valence electrons. The number of halogens is 1. The van der Waals surface area contributed by atoms with Gasteiger partial charge in [0, 0.05) is 0 Å². The highest BCUT2D eigenvalue weighted by Crippen LogP contribution is 2.24. The lowest BCUT2D eigenvalue weighted by molar-refractivity contribution is 0.273. The number of allylic oxidation sites excluding steroid dienone is 4. The minimum atomic E-state index is -1.16. The van der Waals surface area contributed by atoms with Crippen molar-refractivity contribution in [2.75, 3.05) is 0 Å². The van der Waals surface area contributed by atoms with Gasteiger partial charge >= 0.3 is 0 Å². The number of hydrogen-bond acceptors (Lipinski definition) is 0. The van der Waals surface area contributed by atoms with Crippen LogP contribution in [-0.4, -0.2) is 5.67 Å². The summed E-state index contributed by atoms with van der Waals surface area (Å²) in [5.74, 6) is 0. The van der Waals surface area contributed by atoms with E-state index in [0.29, 0.717) is 0 Å². The lowest BCUT2D eigenvalue weighted by Crippen LogP contribution is -2.14. The van der Waals surface area contributed by atoms with Crippen LogP contribution in [-0.2, 0) is 0 Å². The summed E-state index contributed by atoms with van der Waals surface area (Å²) in [6.45, 7) is 3.18. The van der Waals surface area contributed by atoms with Crippen molar-refractivity contribution in [2.45, 2.75) is 32.4 Å². The summed E-state index contributed by atoms with van der Waals surface area (Å²) in [5.41, 5.74) is -0.338. The third-order valence-corrected chi connectivity index (χ3v) is 1.68. The molecule has 1 rings (SSSR count). The smallest absolute Gasteiger partial charge is 0.130 e. The largest absolute Gasteiger partial charge is 0.239 e. The molecule has 1 heteroatoms. The molecule has 0 fully saturated rings. The number of hydrogen-bond donors (Lipinski definition) is 0. The van der Waals surface area contributed by atoms with E-state index in [1.54, 1.807) is 13.8 Å². The van der Waals surface area contributed by atoms with Crippen molar-refractivity contribution >= 4 is 0 Å². The van der Waals surface area contributed by atoms with Crippen LogP contribution in [0.3, 0.4) is 0 Å². The van der Waals surface area contributed by atoms with Gasteiger partial charge in [-0.05, 0) is 32.3 Å². The highest BCUT2D eigenvalue weighted by atomic mass is 19.1. The Kier molecular flexibility index (Phi) is 1.93. The first-order valence-electron chi connectivity index (χ1n) is 3.67. The Morgan fingerprint density at radius 3 is 2.40 bits per heavy atom. The summed E-state index contributed by atoms with van der Waals surface area (Å²) in [7, 11) is 0. The Balaban J connectivity index is 2.73. The molecule has 0 aromatic carbocycles. The summed E-state index contributed by atoms with van der Waals surface area (Å²) in [6.07, 6.45) is 7.92. The molecule has 0 spiro atoms. The van der Waals surface area contributed by atoms with E-state index in [-0.39, 0.29) is 0 Å². The molecular weight excluding hydrogens is 127 g/mol. The molecule has 1 aliphatic rings. The fourth-order valence-electron chi connectivity index (χ4n) is 1.05. The molecule has 0 saturated carbocycles. The average Bonchev–Trinajstić information content (AvgIpc) is 1.88. The SMILES string of the molecule is CC(C)(F)C1=CCCC=C1. The Morgan fingerprint density at radius 1 is 1.40 bits per heavy atom. The molecule has 0 amide bonds. The summed E-state index contributed by atoms with van der Waals surface area (Å²) < 4.78 is 13.2. The third kappa shape index (κ3) is 1.69. The molecule has 0 saturated heterocycles. The van der Waals surface area contributed by atoms with Crippen molar-refractivity contribution < 1.29 is 4.39 Å². The minimum absolute atomic E-state index is 0.818. The van der Waals surface area contributed by atoms with Crippen LogP contribution < -0.4 is 0 Å². The molecule has 0 bridgehead atoms. The van der Waals surface area contributed by atoms with Gasteiger partial charge in [0.2, 0.25) is 0 Å². The van der Waals surface area contributed by atoms with E-state index >= 15 is 0 Å². The van der Waals surface area contributed by atoms with E-state index in [1.165, 1.54) is 0 Å². The maximum Gasteiger partial charge on any atom is 0.130 e. The molecule has 0 N–H and O–H groups in total. The molecule has 0 nitrogen and oxygen atoms in total. The standard InChI is InChI=1S/C9H13F/c1-9(2,10)8-6-4-3-5-7-8/h4,6-7H,3,5H2,1-2H3. The first kappa shape index (κ1) is 7.52. The van der Waals surface area contributed by atoms with Crippen LogP contribution in [0.2, 0.25) is 0 Å². The highest BCUT2D eigenvalue weighted by Gasteiger charge is 2.19. The fraction of sp³-hybridized carbons (Fsp3) is 0.556. The summed E-state index contributed by atoms with van der Waals surface area (Å²) >= 11 is 0. The van der Waals surface area contributed by atoms with Crippen molar-refractivity contribution in [2.24, 2.45) is 0 Å². The number of rotatable bonds is 1. The Hall–Kier alpha value is -0.590. The van der Waals surface area contributed by atoms with Gasteiger partial charge in [-0.15, -0.1) is 0 Å². The lowest BCUT2D eigenvalue weighted by atomic mass is 9.95. The maximum absolute atomic E-state index is 13.2. The summed E-state index contributed by atoms with van der Waals surface area (Å²) in [5, 5.41) is 0. The van der Waals surface area contributed by atoms with Crippen LogP contribution in [0, 0.1) is 0 Å². The van der Waals surface area contributed by atoms with Crippen LogP contribution in [0.15, 0.2) is 23.8 Å². The Morgan fingerprint density at radius 2 is 2.10 bits per heavy atom. The lowest BCUT2D eigenvalue weighted by Gasteiger charge is -2.17. The van der Waals surface area contributed by atoms with Gasteiger partial charge in [0.25, 0.3) is 0 Å². The van der Waals surface area contributed by atoms with Crippen LogP contribution in [0.25, 0.3) is 0 Å². The van der Waals surface area contributed by atoms with Crippen molar-refractivity contribution in [3.05, 3.63) is 23.8 Å². The molecule has 0 aromatic heterocycles. The van der Waals surface area contributed by atoms with Gasteiger partial charge in [-0.2, -0.15) is 0 Å². The van der Waals surface area contributed by atoms with Crippen LogP contribution >= 0.6 is 0 Å². The molecule has 1 aliphatic carbocycles. The van der Waals surface area contributed by atoms with Crippen molar-refractivity contribution in [1.29, 1.82) is 0 Å². The second kappa shape index (κ2) is 2.57. The second-order valence-electron chi connectivity index (χ2n) is 3.11. The van der Waals surface area contributed by atoms with E-state index in [9.17, 15) is 4.39 Å².